The molecule has 0 spiro atoms. The molecule has 12 nitrogen and oxygen atoms in total. The first-order valence-corrected chi connectivity index (χ1v) is 27.7. The summed E-state index contributed by atoms with van der Waals surface area (Å²) in [5.74, 6) is -0.418. The van der Waals surface area contributed by atoms with Gasteiger partial charge in [0.2, 0.25) is 0 Å². The standard InChI is InChI=1S/C55H94O12S/c1-3-5-7-9-11-13-15-17-19-21-23-25-26-28-30-32-34-36-38-40-42-44-51(57)65-49(48-64-55-53(59)54(67-68(60,61)62)52(58)50(46-56)66-55)47-63-45-43-41-39-37-35-33-31-29-27-24-22-20-18-16-14-12-10-8-6-4-2/h6,8,12,14-15,17-18,20-21,23-24,26-28,49-50,52-56,58-59H,3-5,7,9-11,13,16,19,22,25,29-48H2,1-2H3,(H,60,61,62)/b8-6-,14-12-,17-15-,20-18-,23-21-,27-24-,28-26-. The highest BCUT2D eigenvalue weighted by atomic mass is 32.3. The van der Waals surface area contributed by atoms with E-state index < -0.39 is 59.8 Å². The zero-order chi connectivity index (χ0) is 49.6. The van der Waals surface area contributed by atoms with Gasteiger partial charge in [-0.15, -0.1) is 0 Å². The van der Waals surface area contributed by atoms with Crippen LogP contribution in [0.5, 0.6) is 0 Å². The van der Waals surface area contributed by atoms with Crippen LogP contribution in [0.3, 0.4) is 0 Å². The molecule has 1 rings (SSSR count). The molecule has 0 aromatic rings. The van der Waals surface area contributed by atoms with E-state index in [-0.39, 0.29) is 19.6 Å². The van der Waals surface area contributed by atoms with Gasteiger partial charge in [-0.2, -0.15) is 8.42 Å². The van der Waals surface area contributed by atoms with Crippen LogP contribution in [0.25, 0.3) is 0 Å². The molecule has 1 heterocycles. The maximum atomic E-state index is 12.9. The molecule has 1 saturated heterocycles. The number of ether oxygens (including phenoxy) is 4. The topological polar surface area (TPSA) is 178 Å². The van der Waals surface area contributed by atoms with Crippen LogP contribution in [0.2, 0.25) is 0 Å². The van der Waals surface area contributed by atoms with E-state index in [1.165, 1.54) is 57.8 Å². The number of aliphatic hydroxyl groups excluding tert-OH is 3. The first-order chi connectivity index (χ1) is 33.1. The fourth-order valence-corrected chi connectivity index (χ4v) is 8.06. The van der Waals surface area contributed by atoms with E-state index in [4.69, 9.17) is 18.9 Å². The number of aliphatic hydroxyl groups is 3. The Morgan fingerprint density at radius 1 is 0.574 bits per heavy atom. The lowest BCUT2D eigenvalue weighted by molar-refractivity contribution is -0.301. The van der Waals surface area contributed by atoms with Gasteiger partial charge < -0.3 is 34.3 Å². The lowest BCUT2D eigenvalue weighted by atomic mass is 9.99. The highest BCUT2D eigenvalue weighted by molar-refractivity contribution is 7.80. The zero-order valence-corrected chi connectivity index (χ0v) is 43.0. The van der Waals surface area contributed by atoms with Crippen molar-refractivity contribution < 1.29 is 56.2 Å². The average Bonchev–Trinajstić information content (AvgIpc) is 3.31. The minimum Gasteiger partial charge on any atom is -0.457 e. The smallest absolute Gasteiger partial charge is 0.397 e. The zero-order valence-electron chi connectivity index (χ0n) is 42.1. The monoisotopic (exact) mass is 979 g/mol. The van der Waals surface area contributed by atoms with Gasteiger partial charge in [0, 0.05) is 13.0 Å². The molecule has 6 unspecified atom stereocenters. The van der Waals surface area contributed by atoms with Crippen molar-refractivity contribution >= 4 is 16.4 Å². The summed E-state index contributed by atoms with van der Waals surface area (Å²) in [7, 11) is -5.07. The molecule has 4 N–H and O–H groups in total. The molecule has 0 aromatic heterocycles. The van der Waals surface area contributed by atoms with Crippen LogP contribution in [0.1, 0.15) is 194 Å². The van der Waals surface area contributed by atoms with Gasteiger partial charge in [-0.1, -0.05) is 182 Å². The number of hydrogen-bond acceptors (Lipinski definition) is 11. The van der Waals surface area contributed by atoms with Crippen LogP contribution in [-0.2, 0) is 38.3 Å². The van der Waals surface area contributed by atoms with Crippen LogP contribution in [0, 0.1) is 0 Å². The Morgan fingerprint density at radius 3 is 1.49 bits per heavy atom. The van der Waals surface area contributed by atoms with Crippen molar-refractivity contribution in [3.05, 3.63) is 85.1 Å². The molecule has 0 bridgehead atoms. The number of esters is 1. The second-order valence-corrected chi connectivity index (χ2v) is 18.8. The third-order valence-electron chi connectivity index (χ3n) is 11.5. The first-order valence-electron chi connectivity index (χ1n) is 26.3. The number of allylic oxidation sites excluding steroid dienone is 14. The van der Waals surface area contributed by atoms with E-state index in [1.807, 2.05) is 0 Å². The van der Waals surface area contributed by atoms with Crippen LogP contribution in [-0.4, -0.2) is 97.5 Å². The molecular formula is C55H94O12S. The molecule has 0 aromatic carbocycles. The van der Waals surface area contributed by atoms with Crippen molar-refractivity contribution in [2.45, 2.75) is 230 Å². The van der Waals surface area contributed by atoms with E-state index >= 15 is 0 Å². The lowest BCUT2D eigenvalue weighted by Crippen LogP contribution is -2.60. The molecule has 0 amide bonds. The van der Waals surface area contributed by atoms with Crippen molar-refractivity contribution in [3.63, 3.8) is 0 Å². The van der Waals surface area contributed by atoms with Crippen molar-refractivity contribution in [1.82, 2.24) is 0 Å². The van der Waals surface area contributed by atoms with Crippen molar-refractivity contribution in [2.24, 2.45) is 0 Å². The molecule has 13 heteroatoms. The summed E-state index contributed by atoms with van der Waals surface area (Å²) in [6.45, 7) is 3.82. The summed E-state index contributed by atoms with van der Waals surface area (Å²) in [6.07, 6.45) is 51.8. The van der Waals surface area contributed by atoms with Gasteiger partial charge in [-0.25, -0.2) is 4.18 Å². The van der Waals surface area contributed by atoms with E-state index in [0.717, 1.165) is 109 Å². The molecule has 0 radical (unpaired) electrons. The van der Waals surface area contributed by atoms with Gasteiger partial charge >= 0.3 is 16.4 Å². The molecule has 1 aliphatic heterocycles. The van der Waals surface area contributed by atoms with Crippen LogP contribution in [0.15, 0.2) is 85.1 Å². The summed E-state index contributed by atoms with van der Waals surface area (Å²) in [6, 6.07) is 0. The fraction of sp³-hybridized carbons (Fsp3) is 0.727. The number of unbranched alkanes of at least 4 members (excludes halogenated alkanes) is 18. The SMILES string of the molecule is CC/C=C\C/C=C\C/C=C\C/C=C\CCCCCCCCCOCC(COC1OC(CO)C(O)C(OS(=O)(=O)O)C1O)OC(=O)CCCCCCCC/C=C\C/C=C\C/C=C\CCCCCCC. The summed E-state index contributed by atoms with van der Waals surface area (Å²) >= 11 is 0. The van der Waals surface area contributed by atoms with E-state index in [0.29, 0.717) is 13.0 Å². The number of carbonyl (C=O) groups is 1. The quantitative estimate of drug-likeness (QED) is 0.0197. The minimum absolute atomic E-state index is 0.0181. The Kier molecular flexibility index (Phi) is 42.3. The largest absolute Gasteiger partial charge is 0.457 e. The summed E-state index contributed by atoms with van der Waals surface area (Å²) in [5, 5.41) is 30.8. The van der Waals surface area contributed by atoms with E-state index in [1.54, 1.807) is 0 Å². The number of rotatable bonds is 45. The van der Waals surface area contributed by atoms with Gasteiger partial charge in [-0.3, -0.25) is 9.35 Å². The molecule has 68 heavy (non-hydrogen) atoms. The number of carbonyl (C=O) groups excluding carboxylic acids is 1. The van der Waals surface area contributed by atoms with Gasteiger partial charge in [-0.05, 0) is 89.9 Å². The summed E-state index contributed by atoms with van der Waals surface area (Å²) in [5.41, 5.74) is 0. The molecule has 6 atom stereocenters. The third kappa shape index (κ3) is 38.1. The predicted octanol–water partition coefficient (Wildman–Crippen LogP) is 12.4. The van der Waals surface area contributed by atoms with Crippen LogP contribution >= 0.6 is 0 Å². The van der Waals surface area contributed by atoms with Crippen molar-refractivity contribution in [1.29, 1.82) is 0 Å². The Balaban J connectivity index is 2.38. The summed E-state index contributed by atoms with van der Waals surface area (Å²) in [4.78, 5) is 12.9. The van der Waals surface area contributed by atoms with E-state index in [2.05, 4.69) is 103 Å². The Morgan fingerprint density at radius 2 is 1.01 bits per heavy atom. The van der Waals surface area contributed by atoms with Gasteiger partial charge in [0.05, 0.1) is 19.8 Å². The first kappa shape index (κ1) is 63.3. The van der Waals surface area contributed by atoms with Crippen LogP contribution < -0.4 is 0 Å². The third-order valence-corrected chi connectivity index (χ3v) is 12.0. The van der Waals surface area contributed by atoms with Gasteiger partial charge in [0.15, 0.2) is 6.29 Å². The fourth-order valence-electron chi connectivity index (χ4n) is 7.55. The number of hydrogen-bond donors (Lipinski definition) is 4. The van der Waals surface area contributed by atoms with Gasteiger partial charge in [0.1, 0.15) is 30.5 Å². The molecule has 0 aliphatic carbocycles. The Hall–Kier alpha value is -2.72. The second kappa shape index (κ2) is 45.4. The normalized spacial score (nSPS) is 20.0. The van der Waals surface area contributed by atoms with Gasteiger partial charge in [0.25, 0.3) is 0 Å². The molecular weight excluding hydrogens is 885 g/mol. The molecule has 1 aliphatic rings. The maximum absolute atomic E-state index is 12.9. The molecule has 1 fully saturated rings. The highest BCUT2D eigenvalue weighted by Crippen LogP contribution is 2.26. The van der Waals surface area contributed by atoms with Crippen molar-refractivity contribution in [3.8, 4) is 0 Å². The molecule has 392 valence electrons. The molecule has 0 saturated carbocycles. The van der Waals surface area contributed by atoms with E-state index in [9.17, 15) is 33.1 Å². The Bertz CT molecular complexity index is 1500. The maximum Gasteiger partial charge on any atom is 0.397 e. The summed E-state index contributed by atoms with van der Waals surface area (Å²) < 4.78 is 59.3. The lowest BCUT2D eigenvalue weighted by Gasteiger charge is -2.41. The second-order valence-electron chi connectivity index (χ2n) is 17.7. The average molecular weight is 979 g/mol. The minimum atomic E-state index is -5.07. The predicted molar refractivity (Wildman–Crippen MR) is 275 cm³/mol. The van der Waals surface area contributed by atoms with Crippen LogP contribution in [0.4, 0.5) is 0 Å². The Labute approximate surface area is 413 Å². The highest BCUT2D eigenvalue weighted by Gasteiger charge is 2.48. The van der Waals surface area contributed by atoms with Crippen molar-refractivity contribution in [2.75, 3.05) is 26.4 Å².